The molecular formula is C18H29N3O3. The van der Waals surface area contributed by atoms with Crippen molar-refractivity contribution in [1.82, 2.24) is 10.2 Å². The van der Waals surface area contributed by atoms with Gasteiger partial charge in [0.25, 0.3) is 0 Å². The number of carbonyl (C=O) groups is 1. The van der Waals surface area contributed by atoms with E-state index in [4.69, 9.17) is 4.74 Å². The number of ether oxygens (including phenoxy) is 1. The number of hydrogen-bond donors (Lipinski definition) is 2. The van der Waals surface area contributed by atoms with Crippen LogP contribution in [0.25, 0.3) is 0 Å². The van der Waals surface area contributed by atoms with E-state index in [-0.39, 0.29) is 6.03 Å². The maximum atomic E-state index is 11.6. The molecule has 1 saturated heterocycles. The molecule has 0 spiro atoms. The molecule has 0 aromatic heterocycles. The van der Waals surface area contributed by atoms with E-state index in [1.54, 1.807) is 4.90 Å². The van der Waals surface area contributed by atoms with E-state index >= 15 is 0 Å². The number of rotatable bonds is 8. The normalized spacial score (nSPS) is 14.0. The minimum absolute atomic E-state index is 0.0299. The Balaban J connectivity index is 2.09. The van der Waals surface area contributed by atoms with Crippen molar-refractivity contribution in [2.75, 3.05) is 37.8 Å². The molecule has 2 amide bonds. The zero-order valence-corrected chi connectivity index (χ0v) is 15.2. The summed E-state index contributed by atoms with van der Waals surface area (Å²) >= 11 is 0. The van der Waals surface area contributed by atoms with Gasteiger partial charge in [-0.2, -0.15) is 0 Å². The number of aryl methyl sites for hydroxylation is 2. The quantitative estimate of drug-likeness (QED) is 0.717. The predicted octanol–water partition coefficient (Wildman–Crippen LogP) is 3.01. The standard InChI is InChI=1S/C18H29N3O3/c1-5-6-8-21(23)16-13(2)12-14(3)17(15(16)4)24-11-10-20-9-7-19-18(20)22/h12,23H,5-11H2,1-4H3,(H,19,22). The number of nitrogens with zero attached hydrogens (tertiary/aromatic N) is 2. The molecule has 2 N–H and O–H groups in total. The number of urea groups is 1. The van der Waals surface area contributed by atoms with Crippen LogP contribution in [0, 0.1) is 20.8 Å². The summed E-state index contributed by atoms with van der Waals surface area (Å²) in [5, 5.41) is 14.5. The molecule has 1 aliphatic rings. The second kappa shape index (κ2) is 8.24. The molecule has 0 saturated carbocycles. The molecule has 0 unspecified atom stereocenters. The largest absolute Gasteiger partial charge is 0.491 e. The van der Waals surface area contributed by atoms with Gasteiger partial charge in [-0.15, -0.1) is 0 Å². The molecule has 0 aliphatic carbocycles. The fourth-order valence-corrected chi connectivity index (χ4v) is 3.18. The Bertz CT molecular complexity index is 589. The summed E-state index contributed by atoms with van der Waals surface area (Å²) in [7, 11) is 0. The Morgan fingerprint density at radius 3 is 2.71 bits per heavy atom. The van der Waals surface area contributed by atoms with Gasteiger partial charge < -0.3 is 15.0 Å². The summed E-state index contributed by atoms with van der Waals surface area (Å²) < 4.78 is 5.97. The highest BCUT2D eigenvalue weighted by Gasteiger charge is 2.20. The van der Waals surface area contributed by atoms with Crippen LogP contribution in [0.3, 0.4) is 0 Å². The van der Waals surface area contributed by atoms with Crippen LogP contribution in [0.5, 0.6) is 5.75 Å². The van der Waals surface area contributed by atoms with Crippen LogP contribution < -0.4 is 15.1 Å². The summed E-state index contributed by atoms with van der Waals surface area (Å²) in [6.07, 6.45) is 1.96. The Labute approximate surface area is 144 Å². The first-order valence-electron chi connectivity index (χ1n) is 8.68. The van der Waals surface area contributed by atoms with Crippen molar-refractivity contribution in [1.29, 1.82) is 0 Å². The van der Waals surface area contributed by atoms with Crippen LogP contribution in [-0.2, 0) is 0 Å². The lowest BCUT2D eigenvalue weighted by Gasteiger charge is -2.25. The molecule has 1 aromatic carbocycles. The van der Waals surface area contributed by atoms with Gasteiger partial charge in [0.1, 0.15) is 12.4 Å². The number of hydroxylamine groups is 1. The fourth-order valence-electron chi connectivity index (χ4n) is 3.18. The smallest absolute Gasteiger partial charge is 0.317 e. The highest BCUT2D eigenvalue weighted by atomic mass is 16.5. The zero-order valence-electron chi connectivity index (χ0n) is 15.2. The number of anilines is 1. The van der Waals surface area contributed by atoms with Gasteiger partial charge >= 0.3 is 6.03 Å². The molecule has 6 nitrogen and oxygen atoms in total. The highest BCUT2D eigenvalue weighted by Crippen LogP contribution is 2.34. The minimum Gasteiger partial charge on any atom is -0.491 e. The molecule has 1 heterocycles. The maximum Gasteiger partial charge on any atom is 0.317 e. The summed E-state index contributed by atoms with van der Waals surface area (Å²) in [5.41, 5.74) is 3.85. The van der Waals surface area contributed by atoms with Crippen LogP contribution in [0.1, 0.15) is 36.5 Å². The van der Waals surface area contributed by atoms with Crippen molar-refractivity contribution in [3.63, 3.8) is 0 Å². The van der Waals surface area contributed by atoms with Gasteiger partial charge in [0.2, 0.25) is 0 Å². The van der Waals surface area contributed by atoms with Crippen LogP contribution in [0.15, 0.2) is 6.07 Å². The van der Waals surface area contributed by atoms with Crippen molar-refractivity contribution in [2.45, 2.75) is 40.5 Å². The molecule has 24 heavy (non-hydrogen) atoms. The highest BCUT2D eigenvalue weighted by molar-refractivity contribution is 5.76. The van der Waals surface area contributed by atoms with E-state index in [1.165, 1.54) is 5.06 Å². The molecule has 0 radical (unpaired) electrons. The van der Waals surface area contributed by atoms with E-state index < -0.39 is 0 Å². The number of amides is 2. The molecule has 1 aromatic rings. The van der Waals surface area contributed by atoms with Crippen molar-refractivity contribution in [3.05, 3.63) is 22.8 Å². The van der Waals surface area contributed by atoms with E-state index in [2.05, 4.69) is 12.2 Å². The fraction of sp³-hybridized carbons (Fsp3) is 0.611. The SMILES string of the molecule is CCCCN(O)c1c(C)cc(C)c(OCCN2CCNC2=O)c1C. The number of nitrogens with one attached hydrogen (secondary N) is 1. The maximum absolute atomic E-state index is 11.6. The summed E-state index contributed by atoms with van der Waals surface area (Å²) in [6, 6.07) is 2.01. The molecule has 0 atom stereocenters. The molecule has 2 rings (SSSR count). The molecule has 0 bridgehead atoms. The first kappa shape index (κ1) is 18.4. The van der Waals surface area contributed by atoms with E-state index in [9.17, 15) is 10.0 Å². The monoisotopic (exact) mass is 335 g/mol. The summed E-state index contributed by atoms with van der Waals surface area (Å²) in [5.74, 6) is 0.797. The van der Waals surface area contributed by atoms with Gasteiger partial charge in [-0.05, 0) is 38.3 Å². The van der Waals surface area contributed by atoms with Crippen molar-refractivity contribution in [2.24, 2.45) is 0 Å². The second-order valence-corrected chi connectivity index (χ2v) is 6.36. The Morgan fingerprint density at radius 2 is 2.08 bits per heavy atom. The van der Waals surface area contributed by atoms with Gasteiger partial charge in [-0.1, -0.05) is 19.4 Å². The van der Waals surface area contributed by atoms with Crippen LogP contribution in [0.4, 0.5) is 10.5 Å². The molecule has 134 valence electrons. The van der Waals surface area contributed by atoms with E-state index in [1.807, 2.05) is 26.8 Å². The van der Waals surface area contributed by atoms with Gasteiger partial charge in [0.15, 0.2) is 0 Å². The first-order valence-corrected chi connectivity index (χ1v) is 8.68. The molecule has 1 aliphatic heterocycles. The van der Waals surface area contributed by atoms with Gasteiger partial charge in [0.05, 0.1) is 12.2 Å². The lowest BCUT2D eigenvalue weighted by Crippen LogP contribution is -2.32. The third-order valence-corrected chi connectivity index (χ3v) is 4.39. The Kier molecular flexibility index (Phi) is 6.31. The topological polar surface area (TPSA) is 65.0 Å². The van der Waals surface area contributed by atoms with E-state index in [0.717, 1.165) is 47.5 Å². The number of hydrogen-bond acceptors (Lipinski definition) is 4. The van der Waals surface area contributed by atoms with Crippen LogP contribution in [0.2, 0.25) is 0 Å². The lowest BCUT2D eigenvalue weighted by atomic mass is 10.0. The van der Waals surface area contributed by atoms with Gasteiger partial charge in [0, 0.05) is 25.2 Å². The number of carbonyl (C=O) groups excluding carboxylic acids is 1. The molecule has 6 heteroatoms. The summed E-state index contributed by atoms with van der Waals surface area (Å²) in [6.45, 7) is 11.1. The molecular weight excluding hydrogens is 306 g/mol. The Morgan fingerprint density at radius 1 is 1.33 bits per heavy atom. The third-order valence-electron chi connectivity index (χ3n) is 4.39. The third kappa shape index (κ3) is 4.12. The summed E-state index contributed by atoms with van der Waals surface area (Å²) in [4.78, 5) is 13.3. The first-order chi connectivity index (χ1) is 11.5. The second-order valence-electron chi connectivity index (χ2n) is 6.36. The van der Waals surface area contributed by atoms with Gasteiger partial charge in [-0.25, -0.2) is 4.79 Å². The number of benzene rings is 1. The average molecular weight is 335 g/mol. The number of unbranched alkanes of at least 4 members (excludes halogenated alkanes) is 1. The van der Waals surface area contributed by atoms with Crippen LogP contribution >= 0.6 is 0 Å². The minimum atomic E-state index is -0.0299. The Hall–Kier alpha value is -1.95. The van der Waals surface area contributed by atoms with Crippen molar-refractivity contribution in [3.8, 4) is 5.75 Å². The zero-order chi connectivity index (χ0) is 17.7. The lowest BCUT2D eigenvalue weighted by molar-refractivity contribution is 0.202. The van der Waals surface area contributed by atoms with Gasteiger partial charge in [-0.3, -0.25) is 10.3 Å². The van der Waals surface area contributed by atoms with Crippen LogP contribution in [-0.4, -0.2) is 48.9 Å². The van der Waals surface area contributed by atoms with Crippen molar-refractivity contribution < 1.29 is 14.7 Å². The van der Waals surface area contributed by atoms with E-state index in [0.29, 0.717) is 26.2 Å². The predicted molar refractivity (Wildman–Crippen MR) is 95.2 cm³/mol. The molecule has 1 fully saturated rings. The average Bonchev–Trinajstić information content (AvgIpc) is 2.93. The van der Waals surface area contributed by atoms with Crippen molar-refractivity contribution >= 4 is 11.7 Å².